The fraction of sp³-hybridized carbons (Fsp3) is 0.267. The van der Waals surface area contributed by atoms with Gasteiger partial charge in [0.25, 0.3) is 0 Å². The number of benzene rings is 1. The van der Waals surface area contributed by atoms with Crippen LogP contribution in [0.1, 0.15) is 27.0 Å². The van der Waals surface area contributed by atoms with Crippen LogP contribution < -0.4 is 4.74 Å². The molecule has 0 saturated heterocycles. The summed E-state index contributed by atoms with van der Waals surface area (Å²) in [4.78, 5) is 12.1. The molecule has 0 bridgehead atoms. The number of halogens is 2. The summed E-state index contributed by atoms with van der Waals surface area (Å²) < 4.78 is 6.54. The Morgan fingerprint density at radius 1 is 1.20 bits per heavy atom. The van der Waals surface area contributed by atoms with Crippen molar-refractivity contribution in [1.29, 1.82) is 0 Å². The van der Waals surface area contributed by atoms with Crippen LogP contribution in [0.25, 0.3) is 0 Å². The number of thiophene rings is 1. The predicted octanol–water partition coefficient (Wildman–Crippen LogP) is 5.24. The van der Waals surface area contributed by atoms with E-state index in [9.17, 15) is 4.79 Å². The van der Waals surface area contributed by atoms with Gasteiger partial charge < -0.3 is 4.74 Å². The van der Waals surface area contributed by atoms with Crippen molar-refractivity contribution in [3.8, 4) is 5.75 Å². The second kappa shape index (κ2) is 6.17. The molecular weight excluding hydrogens is 315 g/mol. The van der Waals surface area contributed by atoms with E-state index in [1.165, 1.54) is 11.3 Å². The Hall–Kier alpha value is -1.03. The summed E-state index contributed by atoms with van der Waals surface area (Å²) in [5.41, 5.74) is 3.71. The van der Waals surface area contributed by atoms with E-state index in [1.54, 1.807) is 6.07 Å². The van der Waals surface area contributed by atoms with Crippen LogP contribution in [0.5, 0.6) is 5.75 Å². The minimum atomic E-state index is -0.170. The number of hydrogen-bond acceptors (Lipinski definition) is 3. The lowest BCUT2D eigenvalue weighted by molar-refractivity contribution is 0.0921. The van der Waals surface area contributed by atoms with Crippen molar-refractivity contribution in [3.05, 3.63) is 49.1 Å². The Labute approximate surface area is 132 Å². The topological polar surface area (TPSA) is 26.3 Å². The number of ketones is 1. The molecule has 2 nitrogen and oxygen atoms in total. The van der Waals surface area contributed by atoms with E-state index >= 15 is 0 Å². The third-order valence-electron chi connectivity index (χ3n) is 3.08. The molecule has 0 N–H and O–H groups in total. The van der Waals surface area contributed by atoms with Gasteiger partial charge in [-0.2, -0.15) is 0 Å². The van der Waals surface area contributed by atoms with E-state index in [-0.39, 0.29) is 12.4 Å². The van der Waals surface area contributed by atoms with Crippen LogP contribution >= 0.6 is 34.5 Å². The van der Waals surface area contributed by atoms with Crippen molar-refractivity contribution >= 4 is 40.3 Å². The van der Waals surface area contributed by atoms with Crippen molar-refractivity contribution in [1.82, 2.24) is 0 Å². The second-order valence-corrected chi connectivity index (χ2v) is 6.94. The fourth-order valence-corrected chi connectivity index (χ4v) is 3.40. The summed E-state index contributed by atoms with van der Waals surface area (Å²) in [5, 5.41) is 0. The van der Waals surface area contributed by atoms with Gasteiger partial charge in [-0.05, 0) is 49.6 Å². The van der Waals surface area contributed by atoms with Gasteiger partial charge in [0, 0.05) is 0 Å². The van der Waals surface area contributed by atoms with Crippen molar-refractivity contribution in [2.24, 2.45) is 0 Å². The van der Waals surface area contributed by atoms with Gasteiger partial charge in [0.05, 0.1) is 9.90 Å². The molecule has 0 radical (unpaired) electrons. The van der Waals surface area contributed by atoms with Crippen LogP contribution in [0.4, 0.5) is 0 Å². The quantitative estimate of drug-likeness (QED) is 0.717. The summed E-state index contributed by atoms with van der Waals surface area (Å²) in [6.45, 7) is 5.95. The van der Waals surface area contributed by atoms with Crippen molar-refractivity contribution in [3.63, 3.8) is 0 Å². The molecule has 0 saturated carbocycles. The Morgan fingerprint density at radius 3 is 2.50 bits per heavy atom. The molecule has 0 aliphatic rings. The van der Waals surface area contributed by atoms with Gasteiger partial charge in [0.15, 0.2) is 6.61 Å². The van der Waals surface area contributed by atoms with Crippen LogP contribution in [0, 0.1) is 20.8 Å². The molecule has 2 rings (SSSR count). The number of rotatable bonds is 4. The Balaban J connectivity index is 2.13. The minimum Gasteiger partial charge on any atom is -0.485 e. The summed E-state index contributed by atoms with van der Waals surface area (Å²) >= 11 is 13.0. The van der Waals surface area contributed by atoms with Gasteiger partial charge >= 0.3 is 0 Å². The zero-order valence-corrected chi connectivity index (χ0v) is 13.7. The Kier molecular flexibility index (Phi) is 4.74. The lowest BCUT2D eigenvalue weighted by Gasteiger charge is -2.11. The fourth-order valence-electron chi connectivity index (χ4n) is 1.90. The lowest BCUT2D eigenvalue weighted by Crippen LogP contribution is -2.12. The first-order valence-electron chi connectivity index (χ1n) is 6.07. The minimum absolute atomic E-state index is 0.0451. The van der Waals surface area contributed by atoms with Gasteiger partial charge in [-0.25, -0.2) is 0 Å². The van der Waals surface area contributed by atoms with Crippen LogP contribution in [-0.2, 0) is 0 Å². The highest BCUT2D eigenvalue weighted by molar-refractivity contribution is 7.20. The van der Waals surface area contributed by atoms with Crippen molar-refractivity contribution in [2.45, 2.75) is 20.8 Å². The van der Waals surface area contributed by atoms with Crippen molar-refractivity contribution in [2.75, 3.05) is 6.61 Å². The molecule has 106 valence electrons. The lowest BCUT2D eigenvalue weighted by atomic mass is 10.1. The maximum Gasteiger partial charge on any atom is 0.202 e. The molecule has 0 amide bonds. The number of hydrogen-bond donors (Lipinski definition) is 0. The molecule has 5 heteroatoms. The maximum atomic E-state index is 12.1. The van der Waals surface area contributed by atoms with Crippen LogP contribution in [0.2, 0.25) is 8.67 Å². The third kappa shape index (κ3) is 3.35. The smallest absolute Gasteiger partial charge is 0.202 e. The largest absolute Gasteiger partial charge is 0.485 e. The molecule has 0 aliphatic heterocycles. The van der Waals surface area contributed by atoms with E-state index in [2.05, 4.69) is 6.07 Å². The molecule has 1 aromatic carbocycles. The molecular formula is C15H14Cl2O2S. The molecule has 0 aliphatic carbocycles. The van der Waals surface area contributed by atoms with Crippen LogP contribution in [-0.4, -0.2) is 12.4 Å². The maximum absolute atomic E-state index is 12.1. The van der Waals surface area contributed by atoms with E-state index in [4.69, 9.17) is 27.9 Å². The molecule has 0 fully saturated rings. The van der Waals surface area contributed by atoms with Gasteiger partial charge in [-0.15, -0.1) is 11.3 Å². The van der Waals surface area contributed by atoms with E-state index in [0.717, 1.165) is 22.4 Å². The number of carbonyl (C=O) groups is 1. The third-order valence-corrected chi connectivity index (χ3v) is 4.57. The van der Waals surface area contributed by atoms with Crippen molar-refractivity contribution < 1.29 is 9.53 Å². The summed E-state index contributed by atoms with van der Waals surface area (Å²) in [7, 11) is 0. The Bertz CT molecular complexity index is 662. The van der Waals surface area contributed by atoms with Gasteiger partial charge in [-0.1, -0.05) is 29.3 Å². The summed E-state index contributed by atoms with van der Waals surface area (Å²) in [5.74, 6) is 0.560. The van der Waals surface area contributed by atoms with E-state index < -0.39 is 0 Å². The monoisotopic (exact) mass is 328 g/mol. The highest BCUT2D eigenvalue weighted by Crippen LogP contribution is 2.31. The normalized spacial score (nSPS) is 10.7. The average molecular weight is 329 g/mol. The molecule has 2 aromatic rings. The molecule has 0 atom stereocenters. The first-order valence-corrected chi connectivity index (χ1v) is 7.64. The highest BCUT2D eigenvalue weighted by atomic mass is 35.5. The SMILES string of the molecule is Cc1cc(C)c(C)c(OCC(=O)c2cc(Cl)sc2Cl)c1. The standard InChI is InChI=1S/C15H14Cl2O2S/c1-8-4-9(2)10(3)13(5-8)19-7-12(18)11-6-14(16)20-15(11)17/h4-6H,7H2,1-3H3. The molecule has 0 unspecified atom stereocenters. The summed E-state index contributed by atoms with van der Waals surface area (Å²) in [6, 6.07) is 5.59. The number of ether oxygens (including phenoxy) is 1. The number of aryl methyl sites for hydroxylation is 2. The Morgan fingerprint density at radius 2 is 1.90 bits per heavy atom. The molecule has 20 heavy (non-hydrogen) atoms. The van der Waals surface area contributed by atoms with E-state index in [1.807, 2.05) is 26.8 Å². The average Bonchev–Trinajstić information content (AvgIpc) is 2.71. The molecule has 1 heterocycles. The zero-order valence-electron chi connectivity index (χ0n) is 11.4. The zero-order chi connectivity index (χ0) is 14.9. The van der Waals surface area contributed by atoms with Crippen LogP contribution in [0.3, 0.4) is 0 Å². The number of Topliss-reactive ketones (excluding diaryl/α,β-unsaturated/α-hetero) is 1. The summed E-state index contributed by atoms with van der Waals surface area (Å²) in [6.07, 6.45) is 0. The second-order valence-electron chi connectivity index (χ2n) is 4.65. The molecule has 0 spiro atoms. The van der Waals surface area contributed by atoms with Gasteiger partial charge in [0.2, 0.25) is 5.78 Å². The van der Waals surface area contributed by atoms with Gasteiger partial charge in [-0.3, -0.25) is 4.79 Å². The first-order chi connectivity index (χ1) is 9.38. The highest BCUT2D eigenvalue weighted by Gasteiger charge is 2.15. The predicted molar refractivity (Wildman–Crippen MR) is 84.8 cm³/mol. The van der Waals surface area contributed by atoms with Gasteiger partial charge in [0.1, 0.15) is 10.1 Å². The van der Waals surface area contributed by atoms with E-state index in [0.29, 0.717) is 14.2 Å². The molecule has 1 aromatic heterocycles. The first kappa shape index (κ1) is 15.4. The van der Waals surface area contributed by atoms with Crippen LogP contribution in [0.15, 0.2) is 18.2 Å². The number of carbonyl (C=O) groups excluding carboxylic acids is 1.